The molecule has 0 bridgehead atoms. The average Bonchev–Trinajstić information content (AvgIpc) is 2.82. The van der Waals surface area contributed by atoms with Gasteiger partial charge in [-0.1, -0.05) is 0 Å². The lowest BCUT2D eigenvalue weighted by atomic mass is 10.1. The molecular weight excluding hydrogens is 232 g/mol. The monoisotopic (exact) mass is 252 g/mol. The van der Waals surface area contributed by atoms with E-state index in [0.29, 0.717) is 26.3 Å². The summed E-state index contributed by atoms with van der Waals surface area (Å²) in [5.74, 6) is 0.0828. The predicted octanol–water partition coefficient (Wildman–Crippen LogP) is 1.20. The van der Waals surface area contributed by atoms with Crippen LogP contribution in [0, 0.1) is 6.92 Å². The van der Waals surface area contributed by atoms with Crippen molar-refractivity contribution >= 4 is 5.91 Å². The van der Waals surface area contributed by atoms with Crippen molar-refractivity contribution in [2.45, 2.75) is 19.4 Å². The molecule has 1 aliphatic heterocycles. The highest BCUT2D eigenvalue weighted by atomic mass is 16.5. The molecule has 0 saturated carbocycles. The SMILES string of the molecule is COCC[C@H]1CN(C(=O)c2cc[nH]c2C)CCO1. The summed E-state index contributed by atoms with van der Waals surface area (Å²) in [6, 6.07) is 1.83. The van der Waals surface area contributed by atoms with Crippen LogP contribution in [-0.2, 0) is 9.47 Å². The lowest BCUT2D eigenvalue weighted by molar-refractivity contribution is -0.0333. The lowest BCUT2D eigenvalue weighted by Gasteiger charge is -2.33. The van der Waals surface area contributed by atoms with E-state index in [1.54, 1.807) is 13.3 Å². The molecule has 18 heavy (non-hydrogen) atoms. The van der Waals surface area contributed by atoms with E-state index in [9.17, 15) is 4.79 Å². The number of carbonyl (C=O) groups excluding carboxylic acids is 1. The molecule has 5 heteroatoms. The van der Waals surface area contributed by atoms with E-state index < -0.39 is 0 Å². The first-order valence-corrected chi connectivity index (χ1v) is 6.26. The van der Waals surface area contributed by atoms with E-state index >= 15 is 0 Å². The Bertz CT molecular complexity index is 403. The zero-order valence-electron chi connectivity index (χ0n) is 10.9. The van der Waals surface area contributed by atoms with Crippen LogP contribution in [0.5, 0.6) is 0 Å². The molecule has 0 aliphatic carbocycles. The van der Waals surface area contributed by atoms with E-state index in [0.717, 1.165) is 17.7 Å². The molecule has 1 aromatic heterocycles. The fourth-order valence-electron chi connectivity index (χ4n) is 2.18. The molecule has 100 valence electrons. The van der Waals surface area contributed by atoms with Crippen LogP contribution in [-0.4, -0.2) is 55.3 Å². The van der Waals surface area contributed by atoms with Gasteiger partial charge in [0.15, 0.2) is 0 Å². The Morgan fingerprint density at radius 1 is 1.67 bits per heavy atom. The van der Waals surface area contributed by atoms with Crippen molar-refractivity contribution in [1.82, 2.24) is 9.88 Å². The average molecular weight is 252 g/mol. The summed E-state index contributed by atoms with van der Waals surface area (Å²) < 4.78 is 10.7. The maximum Gasteiger partial charge on any atom is 0.255 e. The number of methoxy groups -OCH3 is 1. The van der Waals surface area contributed by atoms with Crippen molar-refractivity contribution in [2.24, 2.45) is 0 Å². The molecule has 1 amide bonds. The lowest BCUT2D eigenvalue weighted by Crippen LogP contribution is -2.46. The zero-order chi connectivity index (χ0) is 13.0. The normalized spacial score (nSPS) is 20.1. The number of morpholine rings is 1. The van der Waals surface area contributed by atoms with Gasteiger partial charge in [-0.2, -0.15) is 0 Å². The number of nitrogens with one attached hydrogen (secondary N) is 1. The highest BCUT2D eigenvalue weighted by molar-refractivity contribution is 5.95. The Morgan fingerprint density at radius 2 is 2.50 bits per heavy atom. The highest BCUT2D eigenvalue weighted by Crippen LogP contribution is 2.14. The first-order valence-electron chi connectivity index (χ1n) is 6.26. The second-order valence-electron chi connectivity index (χ2n) is 4.54. The van der Waals surface area contributed by atoms with Gasteiger partial charge in [-0.3, -0.25) is 4.79 Å². The van der Waals surface area contributed by atoms with Crippen LogP contribution in [0.2, 0.25) is 0 Å². The third kappa shape index (κ3) is 2.91. The van der Waals surface area contributed by atoms with Gasteiger partial charge in [0.1, 0.15) is 0 Å². The van der Waals surface area contributed by atoms with Gasteiger partial charge in [0.25, 0.3) is 5.91 Å². The van der Waals surface area contributed by atoms with Crippen molar-refractivity contribution < 1.29 is 14.3 Å². The van der Waals surface area contributed by atoms with Gasteiger partial charge in [-0.15, -0.1) is 0 Å². The van der Waals surface area contributed by atoms with Crippen LogP contribution in [0.3, 0.4) is 0 Å². The van der Waals surface area contributed by atoms with Crippen molar-refractivity contribution in [3.05, 3.63) is 23.5 Å². The maximum absolute atomic E-state index is 12.3. The fraction of sp³-hybridized carbons (Fsp3) is 0.615. The quantitative estimate of drug-likeness (QED) is 0.876. The Morgan fingerprint density at radius 3 is 3.17 bits per heavy atom. The molecule has 0 unspecified atom stereocenters. The number of ether oxygens (including phenoxy) is 2. The highest BCUT2D eigenvalue weighted by Gasteiger charge is 2.25. The molecular formula is C13H20N2O3. The van der Waals surface area contributed by atoms with Crippen LogP contribution in [0.4, 0.5) is 0 Å². The minimum absolute atomic E-state index is 0.0828. The Labute approximate surface area is 107 Å². The van der Waals surface area contributed by atoms with Gasteiger partial charge in [0, 0.05) is 38.7 Å². The number of carbonyl (C=O) groups is 1. The van der Waals surface area contributed by atoms with E-state index in [4.69, 9.17) is 9.47 Å². The van der Waals surface area contributed by atoms with E-state index in [1.807, 2.05) is 17.9 Å². The smallest absolute Gasteiger partial charge is 0.255 e. The molecule has 1 atom stereocenters. The van der Waals surface area contributed by atoms with Crippen molar-refractivity contribution in [2.75, 3.05) is 33.4 Å². The molecule has 1 fully saturated rings. The summed E-state index contributed by atoms with van der Waals surface area (Å²) in [6.45, 7) is 4.48. The minimum atomic E-state index is 0.0828. The Kier molecular flexibility index (Phi) is 4.38. The molecule has 2 rings (SSSR count). The van der Waals surface area contributed by atoms with Crippen molar-refractivity contribution in [3.8, 4) is 0 Å². The van der Waals surface area contributed by atoms with Crippen LogP contribution >= 0.6 is 0 Å². The largest absolute Gasteiger partial charge is 0.385 e. The first kappa shape index (κ1) is 13.1. The summed E-state index contributed by atoms with van der Waals surface area (Å²) >= 11 is 0. The van der Waals surface area contributed by atoms with Crippen LogP contribution in [0.15, 0.2) is 12.3 Å². The predicted molar refractivity (Wildman–Crippen MR) is 67.7 cm³/mol. The van der Waals surface area contributed by atoms with Crippen LogP contribution in [0.25, 0.3) is 0 Å². The number of hydrogen-bond donors (Lipinski definition) is 1. The van der Waals surface area contributed by atoms with Gasteiger partial charge >= 0.3 is 0 Å². The number of rotatable bonds is 4. The van der Waals surface area contributed by atoms with Crippen molar-refractivity contribution in [3.63, 3.8) is 0 Å². The first-order chi connectivity index (χ1) is 8.72. The summed E-state index contributed by atoms with van der Waals surface area (Å²) in [5, 5.41) is 0. The third-order valence-electron chi connectivity index (χ3n) is 3.25. The van der Waals surface area contributed by atoms with Crippen LogP contribution < -0.4 is 0 Å². The number of H-pyrrole nitrogens is 1. The maximum atomic E-state index is 12.3. The third-order valence-corrected chi connectivity index (χ3v) is 3.25. The van der Waals surface area contributed by atoms with Gasteiger partial charge in [-0.05, 0) is 19.4 Å². The van der Waals surface area contributed by atoms with Crippen molar-refractivity contribution in [1.29, 1.82) is 0 Å². The van der Waals surface area contributed by atoms with Gasteiger partial charge in [0.05, 0.1) is 18.3 Å². The second-order valence-corrected chi connectivity index (χ2v) is 4.54. The number of amides is 1. The Balaban J connectivity index is 1.96. The van der Waals surface area contributed by atoms with Crippen LogP contribution in [0.1, 0.15) is 22.5 Å². The molecule has 1 saturated heterocycles. The summed E-state index contributed by atoms with van der Waals surface area (Å²) in [5.41, 5.74) is 1.67. The standard InChI is InChI=1S/C13H20N2O3/c1-10-12(3-5-14-10)13(16)15-6-8-18-11(9-15)4-7-17-2/h3,5,11,14H,4,6-9H2,1-2H3/t11-/m0/s1. The molecule has 1 N–H and O–H groups in total. The molecule has 5 nitrogen and oxygen atoms in total. The molecule has 1 aliphatic rings. The molecule has 0 radical (unpaired) electrons. The van der Waals surface area contributed by atoms with Gasteiger partial charge in [-0.25, -0.2) is 0 Å². The number of hydrogen-bond acceptors (Lipinski definition) is 3. The molecule has 0 aromatic carbocycles. The summed E-state index contributed by atoms with van der Waals surface area (Å²) in [6.07, 6.45) is 2.71. The summed E-state index contributed by atoms with van der Waals surface area (Å²) in [7, 11) is 1.68. The number of aromatic nitrogens is 1. The fourth-order valence-corrected chi connectivity index (χ4v) is 2.18. The molecule has 1 aromatic rings. The molecule has 2 heterocycles. The van der Waals surface area contributed by atoms with E-state index in [1.165, 1.54) is 0 Å². The summed E-state index contributed by atoms with van der Waals surface area (Å²) in [4.78, 5) is 17.2. The van der Waals surface area contributed by atoms with E-state index in [-0.39, 0.29) is 12.0 Å². The second kappa shape index (κ2) is 6.02. The number of nitrogens with zero attached hydrogens (tertiary/aromatic N) is 1. The topological polar surface area (TPSA) is 54.6 Å². The number of aryl methyl sites for hydroxylation is 1. The zero-order valence-corrected chi connectivity index (χ0v) is 10.9. The number of aromatic amines is 1. The van der Waals surface area contributed by atoms with Gasteiger partial charge < -0.3 is 19.4 Å². The molecule has 0 spiro atoms. The van der Waals surface area contributed by atoms with E-state index in [2.05, 4.69) is 4.98 Å². The Hall–Kier alpha value is -1.33. The van der Waals surface area contributed by atoms with Gasteiger partial charge in [0.2, 0.25) is 0 Å². The minimum Gasteiger partial charge on any atom is -0.385 e.